The number of aromatic nitrogens is 9. The van der Waals surface area contributed by atoms with Crippen molar-refractivity contribution < 1.29 is 91.0 Å². The Kier molecular flexibility index (Phi) is 33.6. The van der Waals surface area contributed by atoms with E-state index in [0.717, 1.165) is 82.6 Å². The van der Waals surface area contributed by atoms with Crippen LogP contribution in [0.3, 0.4) is 0 Å². The Morgan fingerprint density at radius 2 is 0.660 bits per heavy atom. The summed E-state index contributed by atoms with van der Waals surface area (Å²) in [7, 11) is 0. The Bertz CT molecular complexity index is 4830. The number of rotatable bonds is 14. The van der Waals surface area contributed by atoms with E-state index >= 15 is 0 Å². The van der Waals surface area contributed by atoms with Crippen molar-refractivity contribution >= 4 is 43.1 Å². The molecule has 15 rings (SSSR count). The van der Waals surface area contributed by atoms with Gasteiger partial charge in [-0.3, -0.25) is 29.9 Å². The van der Waals surface area contributed by atoms with Crippen molar-refractivity contribution in [1.29, 1.82) is 0 Å². The molecule has 106 heavy (non-hydrogen) atoms. The molecule has 15 aromatic rings. The van der Waals surface area contributed by atoms with E-state index in [0.29, 0.717) is 54.2 Å². The van der Waals surface area contributed by atoms with Gasteiger partial charge in [-0.15, -0.1) is 88.1 Å². The summed E-state index contributed by atoms with van der Waals surface area (Å²) in [6, 6.07) is 98.1. The number of nitrogens with zero attached hydrogens (tertiary/aromatic N) is 9. The molecule has 0 aliphatic carbocycles. The van der Waals surface area contributed by atoms with Crippen LogP contribution in [0.1, 0.15) is 60.8 Å². The van der Waals surface area contributed by atoms with Crippen LogP contribution < -0.4 is 0 Å². The summed E-state index contributed by atoms with van der Waals surface area (Å²) >= 11 is 0. The summed E-state index contributed by atoms with van der Waals surface area (Å²) < 4.78 is 0. The Morgan fingerprint density at radius 3 is 1.22 bits per heavy atom. The molecule has 18 heteroatoms. The van der Waals surface area contributed by atoms with Crippen LogP contribution in [0, 0.1) is 18.2 Å². The van der Waals surface area contributed by atoms with Crippen LogP contribution in [0.2, 0.25) is 0 Å². The third-order valence-electron chi connectivity index (χ3n) is 16.0. The second-order valence-corrected chi connectivity index (χ2v) is 25.0. The van der Waals surface area contributed by atoms with Crippen molar-refractivity contribution in [3.63, 3.8) is 0 Å². The molecule has 3 heterocycles. The molecule has 6 atom stereocenters. The average molecular weight is 1940 g/mol. The third-order valence-corrected chi connectivity index (χ3v) is 16.0. The van der Waals surface area contributed by atoms with Crippen molar-refractivity contribution in [3.05, 3.63) is 298 Å². The molecule has 0 saturated heterocycles. The minimum absolute atomic E-state index is 0. The van der Waals surface area contributed by atoms with Gasteiger partial charge in [-0.25, -0.2) is 15.0 Å². The van der Waals surface area contributed by atoms with Crippen LogP contribution >= 0.6 is 0 Å². The normalized spacial score (nSPS) is 12.2. The van der Waals surface area contributed by atoms with Crippen molar-refractivity contribution in [2.45, 2.75) is 97.4 Å². The molecule has 0 aliphatic heterocycles. The van der Waals surface area contributed by atoms with Gasteiger partial charge in [0.1, 0.15) is 19.0 Å². The van der Waals surface area contributed by atoms with E-state index in [2.05, 4.69) is 168 Å². The van der Waals surface area contributed by atoms with Gasteiger partial charge in [-0.2, -0.15) is 0 Å². The Morgan fingerprint density at radius 1 is 0.274 bits per heavy atom. The SMILES string of the molecule is CC(O)CC(C)O.CC(O)CC(C)O.CC(O)CC(C)O.[Ir].[Ir].[Ir].[c-]1cc2ccccc2cc1-c1ncnc(-c2ccc3ccccc3c2)n1.[c-]1ccc(-c2ccccc2)cc1-c1ncnc(-c2cccc(-c3ccccc3)c2)n1.[c-]1ccc2ccccc2c1-c1ncnc(-c2cccc3ccccc23)n1. The predicted molar refractivity (Wildman–Crippen MR) is 413 cm³/mol. The summed E-state index contributed by atoms with van der Waals surface area (Å²) in [5.41, 5.74) is 10.1. The maximum absolute atomic E-state index is 8.56. The van der Waals surface area contributed by atoms with Crippen LogP contribution in [0.15, 0.2) is 280 Å². The molecule has 545 valence electrons. The first kappa shape index (κ1) is 83.7. The summed E-state index contributed by atoms with van der Waals surface area (Å²) in [5, 5.41) is 60.6. The van der Waals surface area contributed by atoms with Gasteiger partial charge in [0.25, 0.3) is 0 Å². The van der Waals surface area contributed by atoms with Crippen LogP contribution in [-0.4, -0.2) is 112 Å². The van der Waals surface area contributed by atoms with Crippen LogP contribution in [0.25, 0.3) is 134 Å². The Labute approximate surface area is 659 Å². The fourth-order valence-electron chi connectivity index (χ4n) is 11.4. The van der Waals surface area contributed by atoms with E-state index in [1.54, 1.807) is 60.5 Å². The quantitative estimate of drug-likeness (QED) is 0.0555. The van der Waals surface area contributed by atoms with Gasteiger partial charge in [0, 0.05) is 77.0 Å². The fraction of sp³-hybridized carbons (Fsp3) is 0.170. The maximum atomic E-state index is 8.56. The van der Waals surface area contributed by atoms with Gasteiger partial charge in [0.05, 0.1) is 54.1 Å². The van der Waals surface area contributed by atoms with E-state index in [-0.39, 0.29) is 96.9 Å². The Balaban J connectivity index is 0.000000193. The summed E-state index contributed by atoms with van der Waals surface area (Å²) in [6.45, 7) is 9.96. The van der Waals surface area contributed by atoms with Gasteiger partial charge in [0.15, 0.2) is 17.5 Å². The first-order chi connectivity index (χ1) is 50.0. The van der Waals surface area contributed by atoms with Crippen LogP contribution in [0.5, 0.6) is 0 Å². The summed E-state index contributed by atoms with van der Waals surface area (Å²) in [6.07, 6.45) is 3.88. The summed E-state index contributed by atoms with van der Waals surface area (Å²) in [4.78, 5) is 40.5. The smallest absolute Gasteiger partial charge is 0.154 e. The molecule has 0 saturated carbocycles. The molecule has 0 aliphatic rings. The van der Waals surface area contributed by atoms with E-state index in [1.165, 1.54) is 16.2 Å². The topological polar surface area (TPSA) is 237 Å². The van der Waals surface area contributed by atoms with Crippen molar-refractivity contribution in [3.8, 4) is 90.6 Å². The van der Waals surface area contributed by atoms with Gasteiger partial charge >= 0.3 is 0 Å². The number of hydrogen-bond donors (Lipinski definition) is 6. The van der Waals surface area contributed by atoms with Crippen molar-refractivity contribution in [1.82, 2.24) is 44.9 Å². The second kappa shape index (κ2) is 42.5. The molecule has 3 aromatic heterocycles. The minimum atomic E-state index is -0.375. The zero-order valence-electron chi connectivity index (χ0n) is 59.4. The predicted octanol–water partition coefficient (Wildman–Crippen LogP) is 17.4. The van der Waals surface area contributed by atoms with Gasteiger partial charge in [-0.1, -0.05) is 223 Å². The zero-order valence-corrected chi connectivity index (χ0v) is 66.5. The monoisotopic (exact) mass is 1940 g/mol. The third kappa shape index (κ3) is 24.8. The van der Waals surface area contributed by atoms with Crippen molar-refractivity contribution in [2.24, 2.45) is 0 Å². The zero-order chi connectivity index (χ0) is 72.5. The maximum Gasteiger partial charge on any atom is 0.154 e. The van der Waals surface area contributed by atoms with E-state index < -0.39 is 0 Å². The van der Waals surface area contributed by atoms with E-state index in [1.807, 2.05) is 146 Å². The Hall–Kier alpha value is -9.58. The van der Waals surface area contributed by atoms with Crippen molar-refractivity contribution in [2.75, 3.05) is 0 Å². The number of aliphatic hydroxyl groups excluding tert-OH is 6. The van der Waals surface area contributed by atoms with Gasteiger partial charge < -0.3 is 30.6 Å². The number of fused-ring (bicyclic) bond motifs is 4. The molecular weight excluding hydrogens is 1860 g/mol. The van der Waals surface area contributed by atoms with Gasteiger partial charge in [-0.05, 0) is 111 Å². The average Bonchev–Trinajstić information content (AvgIpc) is 0.796. The second-order valence-electron chi connectivity index (χ2n) is 25.0. The molecule has 0 spiro atoms. The molecule has 12 aromatic carbocycles. The first-order valence-electron chi connectivity index (χ1n) is 34.2. The number of benzene rings is 12. The minimum Gasteiger partial charge on any atom is -0.393 e. The molecule has 0 fully saturated rings. The van der Waals surface area contributed by atoms with Gasteiger partial charge in [0.2, 0.25) is 0 Å². The van der Waals surface area contributed by atoms with Crippen LogP contribution in [0.4, 0.5) is 0 Å². The standard InChI is InChI=1S/C27H18N3.2C23H14N3.3C5H12O2.3Ir/c1-3-9-20(10-4-1)22-13-7-15-24(17-22)26-28-19-29-27(30-26)25-16-8-14-23(18-25)21-11-5-2-6-12-21;1-3-11-18-16(7-1)9-5-13-20(18)22-24-15-25-23(26-22)21-14-6-10-17-8-2-4-12-19(17)21;1-3-7-18-13-20(11-9-16(18)5-1)22-24-15-25-23(26-22)21-12-10-17-6-2-4-8-19(17)14-21;3*1-4(6)3-5(2)7;;;/h1-15,17-19H;1-13,15H;1-11,13-15H;3*4-7H,3H2,1-2H3;;;/q3*-1;;;;;;. The molecule has 0 amide bonds. The molecule has 3 radical (unpaired) electrons. The fourth-order valence-corrected chi connectivity index (χ4v) is 11.4. The van der Waals surface area contributed by atoms with E-state index in [4.69, 9.17) is 40.6 Å². The van der Waals surface area contributed by atoms with E-state index in [9.17, 15) is 0 Å². The first-order valence-corrected chi connectivity index (χ1v) is 34.2. The number of hydrogen-bond acceptors (Lipinski definition) is 15. The molecule has 0 bridgehead atoms. The molecular formula is C88H82Ir3N9O6-3. The molecule has 6 unspecified atom stereocenters. The summed E-state index contributed by atoms with van der Waals surface area (Å²) in [5.74, 6) is 3.88. The molecule has 15 nitrogen and oxygen atoms in total. The number of aliphatic hydroxyl groups is 6. The molecule has 6 N–H and O–H groups in total. The largest absolute Gasteiger partial charge is 0.393 e. The van der Waals surface area contributed by atoms with Crippen LogP contribution in [-0.2, 0) is 60.3 Å².